The summed E-state index contributed by atoms with van der Waals surface area (Å²) in [6, 6.07) is 4.83. The fraction of sp³-hybridized carbons (Fsp3) is 0.368. The molecule has 0 unspecified atom stereocenters. The maximum Gasteiger partial charge on any atom is 0.315 e. The molecule has 0 amide bonds. The molecule has 1 fully saturated rings. The van der Waals surface area contributed by atoms with E-state index in [2.05, 4.69) is 10.2 Å². The van der Waals surface area contributed by atoms with Gasteiger partial charge in [-0.1, -0.05) is 17.7 Å². The summed E-state index contributed by atoms with van der Waals surface area (Å²) in [6.45, 7) is 5.67. The van der Waals surface area contributed by atoms with Crippen molar-refractivity contribution in [1.29, 1.82) is 0 Å². The summed E-state index contributed by atoms with van der Waals surface area (Å²) in [4.78, 5) is 0.696. The van der Waals surface area contributed by atoms with Gasteiger partial charge >= 0.3 is 10.1 Å². The Labute approximate surface area is 180 Å². The third-order valence-electron chi connectivity index (χ3n) is 5.18. The van der Waals surface area contributed by atoms with Crippen molar-refractivity contribution >= 4 is 25.8 Å². The van der Waals surface area contributed by atoms with Crippen LogP contribution in [0.25, 0.3) is 0 Å². The lowest BCUT2D eigenvalue weighted by molar-refractivity contribution is 0.329. The Morgan fingerprint density at radius 2 is 1.42 bits per heavy atom. The number of benzene rings is 2. The average Bonchev–Trinajstić information content (AvgIpc) is 2.68. The minimum Gasteiger partial charge on any atom is -0.366 e. The lowest BCUT2D eigenvalue weighted by atomic mass is 10.1. The average molecular weight is 476 g/mol. The van der Waals surface area contributed by atoms with Crippen LogP contribution in [0.2, 0.25) is 0 Å². The van der Waals surface area contributed by atoms with Crippen molar-refractivity contribution in [3.8, 4) is 0 Å². The summed E-state index contributed by atoms with van der Waals surface area (Å²) in [5, 5.41) is 0. The van der Waals surface area contributed by atoms with E-state index in [1.165, 1.54) is 9.21 Å². The topological polar surface area (TPSA) is 110 Å². The highest BCUT2D eigenvalue weighted by Crippen LogP contribution is 2.30. The van der Waals surface area contributed by atoms with Gasteiger partial charge in [-0.3, -0.25) is 0 Å². The van der Waals surface area contributed by atoms with Gasteiger partial charge in [-0.25, -0.2) is 17.2 Å². The van der Waals surface area contributed by atoms with Gasteiger partial charge in [-0.15, -0.1) is 0 Å². The molecule has 1 saturated heterocycles. The number of rotatable bonds is 5. The first-order valence-corrected chi connectivity index (χ1v) is 12.2. The number of piperazine rings is 1. The summed E-state index contributed by atoms with van der Waals surface area (Å²) >= 11 is 0. The van der Waals surface area contributed by atoms with Gasteiger partial charge in [-0.05, 0) is 31.9 Å². The van der Waals surface area contributed by atoms with Crippen molar-refractivity contribution in [1.82, 2.24) is 4.31 Å². The first kappa shape index (κ1) is 23.5. The Morgan fingerprint density at radius 1 is 0.871 bits per heavy atom. The van der Waals surface area contributed by atoms with E-state index in [1.54, 1.807) is 26.0 Å². The van der Waals surface area contributed by atoms with Gasteiger partial charge in [0.25, 0.3) is 0 Å². The summed E-state index contributed by atoms with van der Waals surface area (Å²) in [6.07, 6.45) is 0. The van der Waals surface area contributed by atoms with Crippen molar-refractivity contribution in [3.63, 3.8) is 0 Å². The minimum atomic E-state index is -4.61. The van der Waals surface area contributed by atoms with Gasteiger partial charge in [-0.2, -0.15) is 22.9 Å². The molecule has 12 heteroatoms. The molecular formula is C19H23F2N3O5S2. The molecule has 2 aromatic carbocycles. The molecule has 1 aliphatic heterocycles. The molecule has 0 aliphatic carbocycles. The van der Waals surface area contributed by atoms with Crippen molar-refractivity contribution < 1.29 is 29.9 Å². The van der Waals surface area contributed by atoms with Crippen LogP contribution in [0.4, 0.5) is 14.5 Å². The monoisotopic (exact) mass is 475 g/mol. The van der Waals surface area contributed by atoms with Crippen LogP contribution in [-0.2, 0) is 24.4 Å². The Hall–Kier alpha value is -2.12. The first-order valence-electron chi connectivity index (χ1n) is 9.34. The van der Waals surface area contributed by atoms with Crippen LogP contribution in [0.3, 0.4) is 0 Å². The highest BCUT2D eigenvalue weighted by atomic mass is 32.2. The van der Waals surface area contributed by atoms with Crippen molar-refractivity contribution in [2.45, 2.75) is 30.6 Å². The van der Waals surface area contributed by atoms with Crippen LogP contribution in [0.15, 0.2) is 34.1 Å². The molecule has 170 valence electrons. The molecule has 0 spiro atoms. The van der Waals surface area contributed by atoms with Crippen LogP contribution >= 0.6 is 0 Å². The molecule has 1 heterocycles. The summed E-state index contributed by atoms with van der Waals surface area (Å²) in [5.74, 6) is 2.41. The van der Waals surface area contributed by atoms with E-state index in [0.29, 0.717) is 17.2 Å². The highest BCUT2D eigenvalue weighted by Gasteiger charge is 2.32. The summed E-state index contributed by atoms with van der Waals surface area (Å²) < 4.78 is 83.4. The zero-order valence-electron chi connectivity index (χ0n) is 17.2. The summed E-state index contributed by atoms with van der Waals surface area (Å²) in [7, 11) is -8.38. The lowest BCUT2D eigenvalue weighted by Crippen LogP contribution is -2.49. The predicted molar refractivity (Wildman–Crippen MR) is 110 cm³/mol. The molecular weight excluding hydrogens is 452 g/mol. The zero-order chi connectivity index (χ0) is 23.1. The molecule has 0 bridgehead atoms. The Kier molecular flexibility index (Phi) is 6.40. The number of aryl methyl sites for hydroxylation is 3. The van der Waals surface area contributed by atoms with Gasteiger partial charge < -0.3 is 4.90 Å². The fourth-order valence-electron chi connectivity index (χ4n) is 3.88. The number of hydrogen-bond donors (Lipinski definition) is 1. The van der Waals surface area contributed by atoms with E-state index in [0.717, 1.165) is 11.6 Å². The molecule has 0 atom stereocenters. The van der Waals surface area contributed by atoms with Gasteiger partial charge in [0.2, 0.25) is 10.0 Å². The second kappa shape index (κ2) is 8.43. The molecule has 2 aromatic rings. The molecule has 8 nitrogen and oxygen atoms in total. The molecule has 31 heavy (non-hydrogen) atoms. The summed E-state index contributed by atoms with van der Waals surface area (Å²) in [5.41, 5.74) is 2.08. The number of nitrogens with zero attached hydrogens (tertiary/aromatic N) is 2. The predicted octanol–water partition coefficient (Wildman–Crippen LogP) is 1.98. The maximum absolute atomic E-state index is 14.5. The molecule has 0 saturated carbocycles. The second-order valence-electron chi connectivity index (χ2n) is 7.40. The van der Waals surface area contributed by atoms with Gasteiger partial charge in [0.05, 0.1) is 10.6 Å². The zero-order valence-corrected chi connectivity index (χ0v) is 18.9. The number of halogens is 2. The van der Waals surface area contributed by atoms with Crippen molar-refractivity contribution in [2.24, 2.45) is 5.90 Å². The molecule has 3 rings (SSSR count). The van der Waals surface area contributed by atoms with E-state index >= 15 is 0 Å². The number of hydrogen-bond acceptors (Lipinski definition) is 7. The van der Waals surface area contributed by atoms with E-state index in [-0.39, 0.29) is 36.8 Å². The minimum absolute atomic E-state index is 0.0576. The van der Waals surface area contributed by atoms with Crippen LogP contribution in [0, 0.1) is 32.4 Å². The van der Waals surface area contributed by atoms with E-state index < -0.39 is 36.7 Å². The maximum atomic E-state index is 14.5. The third-order valence-corrected chi connectivity index (χ3v) is 8.49. The number of anilines is 1. The first-order chi connectivity index (χ1) is 14.4. The quantitative estimate of drug-likeness (QED) is 0.659. The van der Waals surface area contributed by atoms with Crippen LogP contribution in [0.1, 0.15) is 16.7 Å². The van der Waals surface area contributed by atoms with Crippen LogP contribution in [-0.4, -0.2) is 47.3 Å². The van der Waals surface area contributed by atoms with E-state index in [9.17, 15) is 25.6 Å². The standard InChI is InChI=1S/C19H23F2N3O5S2/c1-12-8-13(2)19(14(3)9-12)30(25,26)24-6-4-23(5-7-24)17-10-16(21)18(11-15(17)20)31(27,28)29-22/h8-11H,4-7,22H2,1-3H3. The Morgan fingerprint density at radius 3 is 1.94 bits per heavy atom. The molecule has 0 aromatic heterocycles. The van der Waals surface area contributed by atoms with Crippen LogP contribution in [0.5, 0.6) is 0 Å². The molecule has 1 aliphatic rings. The van der Waals surface area contributed by atoms with Crippen LogP contribution < -0.4 is 10.8 Å². The van der Waals surface area contributed by atoms with E-state index in [1.807, 2.05) is 6.92 Å². The highest BCUT2D eigenvalue weighted by molar-refractivity contribution is 7.89. The smallest absolute Gasteiger partial charge is 0.315 e. The SMILES string of the molecule is Cc1cc(C)c(S(=O)(=O)N2CCN(c3cc(F)c(S(=O)(=O)ON)cc3F)CC2)c(C)c1. The normalized spacial score (nSPS) is 16.0. The second-order valence-corrected chi connectivity index (χ2v) is 10.8. The third kappa shape index (κ3) is 4.44. The molecule has 0 radical (unpaired) electrons. The Balaban J connectivity index is 1.84. The number of nitrogens with two attached hydrogens (primary N) is 1. The van der Waals surface area contributed by atoms with Gasteiger partial charge in [0, 0.05) is 38.3 Å². The van der Waals surface area contributed by atoms with Crippen molar-refractivity contribution in [3.05, 3.63) is 52.6 Å². The van der Waals surface area contributed by atoms with Gasteiger partial charge in [0.1, 0.15) is 16.5 Å². The Bertz CT molecular complexity index is 1200. The largest absolute Gasteiger partial charge is 0.366 e. The number of sulfonamides is 1. The lowest BCUT2D eigenvalue weighted by Gasteiger charge is -2.36. The molecule has 2 N–H and O–H groups in total. The van der Waals surface area contributed by atoms with Gasteiger partial charge in [0.15, 0.2) is 0 Å². The van der Waals surface area contributed by atoms with Crippen molar-refractivity contribution in [2.75, 3.05) is 31.1 Å². The van der Waals surface area contributed by atoms with E-state index in [4.69, 9.17) is 0 Å². The fourth-order valence-corrected chi connectivity index (χ4v) is 6.36.